The molecule has 0 saturated carbocycles. The molecular formula is C20H30N4O3. The molecule has 0 aliphatic carbocycles. The molecule has 2 N–H and O–H groups in total. The fourth-order valence-corrected chi connectivity index (χ4v) is 4.05. The van der Waals surface area contributed by atoms with E-state index in [0.29, 0.717) is 30.3 Å². The highest BCUT2D eigenvalue weighted by molar-refractivity contribution is 5.96. The summed E-state index contributed by atoms with van der Waals surface area (Å²) in [5.74, 6) is 0.492. The summed E-state index contributed by atoms with van der Waals surface area (Å²) >= 11 is 0. The van der Waals surface area contributed by atoms with Gasteiger partial charge in [0.2, 0.25) is 0 Å². The number of carbonyl (C=O) groups excluding carboxylic acids is 1. The molecule has 2 saturated heterocycles. The predicted molar refractivity (Wildman–Crippen MR) is 106 cm³/mol. The number of nitrogens with zero attached hydrogens (tertiary/aromatic N) is 3. The van der Waals surface area contributed by atoms with Gasteiger partial charge in [0.25, 0.3) is 11.6 Å². The van der Waals surface area contributed by atoms with Crippen molar-refractivity contribution in [2.45, 2.75) is 46.1 Å². The van der Waals surface area contributed by atoms with E-state index in [9.17, 15) is 14.9 Å². The zero-order valence-corrected chi connectivity index (χ0v) is 16.5. The Labute approximate surface area is 160 Å². The van der Waals surface area contributed by atoms with Gasteiger partial charge in [0.05, 0.1) is 4.92 Å². The van der Waals surface area contributed by atoms with Crippen LogP contribution in [0.4, 0.5) is 11.4 Å². The third-order valence-electron chi connectivity index (χ3n) is 6.14. The summed E-state index contributed by atoms with van der Waals surface area (Å²) in [5, 5.41) is 11.7. The second-order valence-corrected chi connectivity index (χ2v) is 8.74. The van der Waals surface area contributed by atoms with E-state index in [2.05, 4.69) is 25.7 Å². The van der Waals surface area contributed by atoms with Crippen LogP contribution in [0.25, 0.3) is 0 Å². The molecule has 1 aromatic carbocycles. The lowest BCUT2D eigenvalue weighted by molar-refractivity contribution is -0.384. The van der Waals surface area contributed by atoms with Gasteiger partial charge in [-0.1, -0.05) is 20.8 Å². The van der Waals surface area contributed by atoms with Gasteiger partial charge >= 0.3 is 0 Å². The fourth-order valence-electron chi connectivity index (χ4n) is 4.05. The molecule has 0 spiro atoms. The maximum Gasteiger partial charge on any atom is 0.293 e. The van der Waals surface area contributed by atoms with E-state index < -0.39 is 0 Å². The summed E-state index contributed by atoms with van der Waals surface area (Å²) in [4.78, 5) is 28.1. The average Bonchev–Trinajstić information content (AvgIpc) is 2.63. The molecule has 0 bridgehead atoms. The first kappa shape index (κ1) is 19.6. The molecule has 3 rings (SSSR count). The van der Waals surface area contributed by atoms with Crippen LogP contribution < -0.4 is 10.6 Å². The van der Waals surface area contributed by atoms with Crippen molar-refractivity contribution in [2.75, 3.05) is 31.1 Å². The maximum absolute atomic E-state index is 12.9. The minimum Gasteiger partial charge on any atom is -0.366 e. The van der Waals surface area contributed by atoms with Crippen LogP contribution in [0.1, 0.15) is 50.4 Å². The molecular weight excluding hydrogens is 344 g/mol. The quantitative estimate of drug-likeness (QED) is 0.648. The molecule has 2 aliphatic heterocycles. The van der Waals surface area contributed by atoms with Crippen molar-refractivity contribution in [1.82, 2.24) is 4.90 Å². The van der Waals surface area contributed by atoms with E-state index in [-0.39, 0.29) is 28.0 Å². The van der Waals surface area contributed by atoms with E-state index in [1.807, 2.05) is 0 Å². The summed E-state index contributed by atoms with van der Waals surface area (Å²) in [5.41, 5.74) is 7.00. The molecule has 7 heteroatoms. The van der Waals surface area contributed by atoms with Crippen LogP contribution in [0, 0.1) is 21.4 Å². The van der Waals surface area contributed by atoms with E-state index in [1.165, 1.54) is 6.07 Å². The Kier molecular flexibility index (Phi) is 5.42. The lowest BCUT2D eigenvalue weighted by Gasteiger charge is -2.42. The van der Waals surface area contributed by atoms with Gasteiger partial charge in [0.15, 0.2) is 0 Å². The number of amides is 1. The number of likely N-dealkylation sites (tertiary alicyclic amines) is 1. The van der Waals surface area contributed by atoms with Crippen molar-refractivity contribution < 1.29 is 9.72 Å². The monoisotopic (exact) mass is 374 g/mol. The molecule has 2 heterocycles. The Balaban J connectivity index is 1.83. The number of carbonyl (C=O) groups is 1. The number of anilines is 1. The normalized spacial score (nSPS) is 23.3. The average molecular weight is 374 g/mol. The van der Waals surface area contributed by atoms with Gasteiger partial charge < -0.3 is 15.5 Å². The molecule has 148 valence electrons. The van der Waals surface area contributed by atoms with E-state index in [4.69, 9.17) is 5.73 Å². The summed E-state index contributed by atoms with van der Waals surface area (Å²) in [6.45, 7) is 9.09. The third kappa shape index (κ3) is 4.08. The molecule has 1 unspecified atom stereocenters. The standard InChI is InChI=1S/C20H30N4O3/c1-14-6-9-22(10-7-14)16-5-4-15(12-17(16)24(26)27)19(25)23-11-8-18(21)20(2,3)13-23/h4-5,12,14,18H,6-11,13,21H2,1-3H3. The number of hydrogen-bond donors (Lipinski definition) is 1. The smallest absolute Gasteiger partial charge is 0.293 e. The van der Waals surface area contributed by atoms with E-state index in [0.717, 1.165) is 32.4 Å². The third-order valence-corrected chi connectivity index (χ3v) is 6.14. The van der Waals surface area contributed by atoms with Gasteiger partial charge in [0, 0.05) is 43.9 Å². The number of nitro benzene ring substituents is 1. The summed E-state index contributed by atoms with van der Waals surface area (Å²) in [7, 11) is 0. The molecule has 1 atom stereocenters. The number of nitro groups is 1. The number of nitrogens with two attached hydrogens (primary N) is 1. The minimum atomic E-state index is -0.375. The number of benzene rings is 1. The Morgan fingerprint density at radius 2 is 1.89 bits per heavy atom. The zero-order chi connectivity index (χ0) is 19.8. The van der Waals surface area contributed by atoms with Crippen LogP contribution in [-0.2, 0) is 0 Å². The van der Waals surface area contributed by atoms with Crippen LogP contribution in [0.5, 0.6) is 0 Å². The Morgan fingerprint density at radius 1 is 1.22 bits per heavy atom. The topological polar surface area (TPSA) is 92.7 Å². The van der Waals surface area contributed by atoms with Crippen molar-refractivity contribution in [3.63, 3.8) is 0 Å². The van der Waals surface area contributed by atoms with E-state index >= 15 is 0 Å². The van der Waals surface area contributed by atoms with Crippen LogP contribution in [-0.4, -0.2) is 48.0 Å². The SMILES string of the molecule is CC1CCN(c2ccc(C(=O)N3CCC(N)C(C)(C)C3)cc2[N+](=O)[O-])CC1. The van der Waals surface area contributed by atoms with Gasteiger partial charge in [-0.2, -0.15) is 0 Å². The van der Waals surface area contributed by atoms with Gasteiger partial charge in [-0.25, -0.2) is 0 Å². The molecule has 0 aromatic heterocycles. The summed E-state index contributed by atoms with van der Waals surface area (Å²) in [6, 6.07) is 4.96. The Morgan fingerprint density at radius 3 is 2.48 bits per heavy atom. The highest BCUT2D eigenvalue weighted by Gasteiger charge is 2.36. The molecule has 0 radical (unpaired) electrons. The number of piperidine rings is 2. The van der Waals surface area contributed by atoms with Crippen LogP contribution in [0.2, 0.25) is 0 Å². The van der Waals surface area contributed by atoms with Crippen LogP contribution >= 0.6 is 0 Å². The molecule has 2 aliphatic rings. The van der Waals surface area contributed by atoms with Gasteiger partial charge in [0.1, 0.15) is 5.69 Å². The Hall–Kier alpha value is -2.15. The Bertz CT molecular complexity index is 726. The fraction of sp³-hybridized carbons (Fsp3) is 0.650. The van der Waals surface area contributed by atoms with Crippen molar-refractivity contribution in [1.29, 1.82) is 0 Å². The first-order valence-corrected chi connectivity index (χ1v) is 9.77. The molecule has 1 aromatic rings. The number of rotatable bonds is 3. The highest BCUT2D eigenvalue weighted by Crippen LogP contribution is 2.34. The van der Waals surface area contributed by atoms with Crippen molar-refractivity contribution in [3.05, 3.63) is 33.9 Å². The summed E-state index contributed by atoms with van der Waals surface area (Å²) in [6.07, 6.45) is 2.80. The lowest BCUT2D eigenvalue weighted by Crippen LogP contribution is -2.54. The first-order chi connectivity index (χ1) is 12.7. The van der Waals surface area contributed by atoms with Gasteiger partial charge in [-0.05, 0) is 42.7 Å². The molecule has 1 amide bonds. The van der Waals surface area contributed by atoms with Gasteiger partial charge in [-0.3, -0.25) is 14.9 Å². The summed E-state index contributed by atoms with van der Waals surface area (Å²) < 4.78 is 0. The second-order valence-electron chi connectivity index (χ2n) is 8.74. The predicted octanol–water partition coefficient (Wildman–Crippen LogP) is 3.03. The zero-order valence-electron chi connectivity index (χ0n) is 16.5. The van der Waals surface area contributed by atoms with Crippen LogP contribution in [0.3, 0.4) is 0 Å². The first-order valence-electron chi connectivity index (χ1n) is 9.77. The van der Waals surface area contributed by atoms with Crippen molar-refractivity contribution in [2.24, 2.45) is 17.1 Å². The molecule has 2 fully saturated rings. The second kappa shape index (κ2) is 7.46. The minimum absolute atomic E-state index is 0.0170. The highest BCUT2D eigenvalue weighted by atomic mass is 16.6. The van der Waals surface area contributed by atoms with Crippen molar-refractivity contribution in [3.8, 4) is 0 Å². The molecule has 27 heavy (non-hydrogen) atoms. The van der Waals surface area contributed by atoms with Crippen molar-refractivity contribution >= 4 is 17.3 Å². The van der Waals surface area contributed by atoms with Crippen LogP contribution in [0.15, 0.2) is 18.2 Å². The molecule has 7 nitrogen and oxygen atoms in total. The largest absolute Gasteiger partial charge is 0.366 e. The maximum atomic E-state index is 12.9. The lowest BCUT2D eigenvalue weighted by atomic mass is 9.79. The van der Waals surface area contributed by atoms with Gasteiger partial charge in [-0.15, -0.1) is 0 Å². The van der Waals surface area contributed by atoms with E-state index in [1.54, 1.807) is 17.0 Å². The number of hydrogen-bond acceptors (Lipinski definition) is 5.